The molecule has 0 bridgehead atoms. The Hall–Kier alpha value is -1.07. The quantitative estimate of drug-likeness (QED) is 0.838. The molecule has 0 unspecified atom stereocenters. The summed E-state index contributed by atoms with van der Waals surface area (Å²) in [5, 5.41) is 7.40. The maximum Gasteiger partial charge on any atom is 0.224 e. The van der Waals surface area contributed by atoms with E-state index in [1.54, 1.807) is 0 Å². The van der Waals surface area contributed by atoms with E-state index in [2.05, 4.69) is 24.3 Å². The Labute approximate surface area is 127 Å². The van der Waals surface area contributed by atoms with Crippen LogP contribution in [0.3, 0.4) is 0 Å². The van der Waals surface area contributed by atoms with Gasteiger partial charge in [-0.2, -0.15) is 5.10 Å². The van der Waals surface area contributed by atoms with Gasteiger partial charge >= 0.3 is 0 Å². The number of amides is 1. The van der Waals surface area contributed by atoms with Gasteiger partial charge in [-0.25, -0.2) is 0 Å². The van der Waals surface area contributed by atoms with E-state index in [4.69, 9.17) is 5.73 Å². The maximum atomic E-state index is 11.9. The molecule has 0 aliphatic rings. The summed E-state index contributed by atoms with van der Waals surface area (Å²) in [6, 6.07) is 0.0128. The SMILES string of the molecule is Cc1nn(CC(C)C)c(C)c1CC(=O)N[C@@H](C)CN.Cl. The van der Waals surface area contributed by atoms with Crippen LogP contribution in [0, 0.1) is 19.8 Å². The topological polar surface area (TPSA) is 72.9 Å². The zero-order valence-corrected chi connectivity index (χ0v) is 13.9. The van der Waals surface area contributed by atoms with Crippen LogP contribution in [0.4, 0.5) is 0 Å². The third kappa shape index (κ3) is 5.13. The highest BCUT2D eigenvalue weighted by molar-refractivity contribution is 5.85. The molecule has 1 aromatic rings. The fourth-order valence-corrected chi connectivity index (χ4v) is 2.06. The van der Waals surface area contributed by atoms with Gasteiger partial charge in [0, 0.05) is 30.4 Å². The summed E-state index contributed by atoms with van der Waals surface area (Å²) in [6.07, 6.45) is 0.375. The zero-order valence-electron chi connectivity index (χ0n) is 13.1. The van der Waals surface area contributed by atoms with Crippen LogP contribution >= 0.6 is 12.4 Å². The van der Waals surface area contributed by atoms with Gasteiger partial charge in [0.1, 0.15) is 0 Å². The first-order valence-electron chi connectivity index (χ1n) is 6.87. The summed E-state index contributed by atoms with van der Waals surface area (Å²) in [7, 11) is 0. The van der Waals surface area contributed by atoms with Gasteiger partial charge in [-0.1, -0.05) is 13.8 Å². The van der Waals surface area contributed by atoms with Crippen molar-refractivity contribution >= 4 is 18.3 Å². The molecule has 0 fully saturated rings. The highest BCUT2D eigenvalue weighted by Crippen LogP contribution is 2.15. The largest absolute Gasteiger partial charge is 0.352 e. The average molecular weight is 303 g/mol. The molecule has 20 heavy (non-hydrogen) atoms. The molecule has 0 aromatic carbocycles. The van der Waals surface area contributed by atoms with Crippen LogP contribution in [0.15, 0.2) is 0 Å². The standard InChI is InChI=1S/C14H26N4O.ClH/c1-9(2)8-18-12(5)13(11(4)17-18)6-14(19)16-10(3)7-15;/h9-10H,6-8,15H2,1-5H3,(H,16,19);1H/t10-;/m0./s1. The predicted octanol–water partition coefficient (Wildman–Crippen LogP) is 1.58. The molecule has 0 radical (unpaired) electrons. The number of halogens is 1. The third-order valence-electron chi connectivity index (χ3n) is 3.17. The fourth-order valence-electron chi connectivity index (χ4n) is 2.06. The van der Waals surface area contributed by atoms with Gasteiger partial charge in [-0.15, -0.1) is 12.4 Å². The second-order valence-corrected chi connectivity index (χ2v) is 5.61. The van der Waals surface area contributed by atoms with Gasteiger partial charge in [0.25, 0.3) is 0 Å². The van der Waals surface area contributed by atoms with E-state index in [1.807, 2.05) is 25.5 Å². The van der Waals surface area contributed by atoms with Crippen molar-refractivity contribution in [2.75, 3.05) is 6.54 Å². The molecule has 1 amide bonds. The second kappa shape index (κ2) is 8.27. The van der Waals surface area contributed by atoms with E-state index >= 15 is 0 Å². The monoisotopic (exact) mass is 302 g/mol. The molecule has 0 aliphatic heterocycles. The summed E-state index contributed by atoms with van der Waals surface area (Å²) in [5.74, 6) is 0.546. The van der Waals surface area contributed by atoms with Crippen molar-refractivity contribution in [3.63, 3.8) is 0 Å². The Balaban J connectivity index is 0.00000361. The number of nitrogens with one attached hydrogen (secondary N) is 1. The Kier molecular flexibility index (Phi) is 7.83. The number of hydrogen-bond donors (Lipinski definition) is 2. The minimum atomic E-state index is 0. The van der Waals surface area contributed by atoms with Crippen molar-refractivity contribution in [1.29, 1.82) is 0 Å². The summed E-state index contributed by atoms with van der Waals surface area (Å²) in [4.78, 5) is 11.9. The molecule has 1 rings (SSSR count). The van der Waals surface area contributed by atoms with E-state index in [9.17, 15) is 4.79 Å². The predicted molar refractivity (Wildman–Crippen MR) is 84.2 cm³/mol. The summed E-state index contributed by atoms with van der Waals surface area (Å²) in [6.45, 7) is 11.5. The maximum absolute atomic E-state index is 11.9. The summed E-state index contributed by atoms with van der Waals surface area (Å²) >= 11 is 0. The van der Waals surface area contributed by atoms with Crippen LogP contribution in [0.5, 0.6) is 0 Å². The second-order valence-electron chi connectivity index (χ2n) is 5.61. The normalized spacial score (nSPS) is 12.2. The van der Waals surface area contributed by atoms with Crippen molar-refractivity contribution in [2.45, 2.75) is 53.6 Å². The van der Waals surface area contributed by atoms with Crippen LogP contribution in [-0.4, -0.2) is 28.3 Å². The number of carbonyl (C=O) groups is 1. The third-order valence-corrected chi connectivity index (χ3v) is 3.17. The molecule has 116 valence electrons. The van der Waals surface area contributed by atoms with E-state index < -0.39 is 0 Å². The molecule has 1 aromatic heterocycles. The molecule has 6 heteroatoms. The van der Waals surface area contributed by atoms with Crippen molar-refractivity contribution in [1.82, 2.24) is 15.1 Å². The molecule has 3 N–H and O–H groups in total. The first kappa shape index (κ1) is 18.9. The molecular weight excluding hydrogens is 276 g/mol. The molecule has 1 atom stereocenters. The average Bonchev–Trinajstić information content (AvgIpc) is 2.56. The Morgan fingerprint density at radius 3 is 2.45 bits per heavy atom. The molecule has 0 aliphatic carbocycles. The van der Waals surface area contributed by atoms with Crippen LogP contribution in [-0.2, 0) is 17.8 Å². The van der Waals surface area contributed by atoms with Gasteiger partial charge in [-0.3, -0.25) is 9.48 Å². The molecule has 0 saturated heterocycles. The van der Waals surface area contributed by atoms with Crippen LogP contribution < -0.4 is 11.1 Å². The van der Waals surface area contributed by atoms with Crippen molar-refractivity contribution in [3.05, 3.63) is 17.0 Å². The van der Waals surface area contributed by atoms with Crippen LogP contribution in [0.2, 0.25) is 0 Å². The number of nitrogens with two attached hydrogens (primary N) is 1. The van der Waals surface area contributed by atoms with E-state index in [0.29, 0.717) is 18.9 Å². The Bertz CT molecular complexity index is 443. The lowest BCUT2D eigenvalue weighted by Gasteiger charge is -2.11. The number of rotatable bonds is 6. The minimum Gasteiger partial charge on any atom is -0.352 e. The van der Waals surface area contributed by atoms with Crippen molar-refractivity contribution in [2.24, 2.45) is 11.7 Å². The van der Waals surface area contributed by atoms with Crippen LogP contribution in [0.1, 0.15) is 37.7 Å². The first-order chi connectivity index (χ1) is 8.85. The lowest BCUT2D eigenvalue weighted by molar-refractivity contribution is -0.121. The number of carbonyl (C=O) groups excluding carboxylic acids is 1. The molecule has 1 heterocycles. The summed E-state index contributed by atoms with van der Waals surface area (Å²) < 4.78 is 2.00. The smallest absolute Gasteiger partial charge is 0.224 e. The van der Waals surface area contributed by atoms with Gasteiger partial charge in [-0.05, 0) is 26.7 Å². The zero-order chi connectivity index (χ0) is 14.6. The lowest BCUT2D eigenvalue weighted by atomic mass is 10.1. The molecule has 0 spiro atoms. The van der Waals surface area contributed by atoms with E-state index in [1.165, 1.54) is 0 Å². The minimum absolute atomic E-state index is 0. The van der Waals surface area contributed by atoms with Gasteiger partial charge in [0.15, 0.2) is 0 Å². The number of aryl methyl sites for hydroxylation is 1. The number of aromatic nitrogens is 2. The van der Waals surface area contributed by atoms with Gasteiger partial charge in [0.05, 0.1) is 12.1 Å². The summed E-state index contributed by atoms with van der Waals surface area (Å²) in [5.41, 5.74) is 8.55. The molecule has 0 saturated carbocycles. The molecular formula is C14H27ClN4O. The first-order valence-corrected chi connectivity index (χ1v) is 6.87. The Morgan fingerprint density at radius 1 is 1.35 bits per heavy atom. The van der Waals surface area contributed by atoms with Crippen LogP contribution in [0.25, 0.3) is 0 Å². The van der Waals surface area contributed by atoms with Gasteiger partial charge in [0.2, 0.25) is 5.91 Å². The number of hydrogen-bond acceptors (Lipinski definition) is 3. The Morgan fingerprint density at radius 2 is 1.95 bits per heavy atom. The van der Waals surface area contributed by atoms with Crippen molar-refractivity contribution < 1.29 is 4.79 Å². The molecule has 5 nitrogen and oxygen atoms in total. The number of nitrogens with zero attached hydrogens (tertiary/aromatic N) is 2. The van der Waals surface area contributed by atoms with E-state index in [0.717, 1.165) is 23.5 Å². The lowest BCUT2D eigenvalue weighted by Crippen LogP contribution is -2.38. The highest BCUT2D eigenvalue weighted by atomic mass is 35.5. The van der Waals surface area contributed by atoms with Crippen molar-refractivity contribution in [3.8, 4) is 0 Å². The fraction of sp³-hybridized carbons (Fsp3) is 0.714. The van der Waals surface area contributed by atoms with Gasteiger partial charge < -0.3 is 11.1 Å². The highest BCUT2D eigenvalue weighted by Gasteiger charge is 2.16. The van der Waals surface area contributed by atoms with E-state index in [-0.39, 0.29) is 24.4 Å².